The summed E-state index contributed by atoms with van der Waals surface area (Å²) in [5.41, 5.74) is 0.865. The third-order valence-electron chi connectivity index (χ3n) is 4.43. The Labute approximate surface area is 131 Å². The van der Waals surface area contributed by atoms with Gasteiger partial charge in [0.2, 0.25) is 0 Å². The van der Waals surface area contributed by atoms with E-state index >= 15 is 0 Å². The summed E-state index contributed by atoms with van der Waals surface area (Å²) >= 11 is -2.14. The second-order valence-corrected chi connectivity index (χ2v) is 6.57. The maximum Gasteiger partial charge on any atom is 0.142 e. The second kappa shape index (κ2) is 6.72. The highest BCUT2D eigenvalue weighted by molar-refractivity contribution is 7.77. The van der Waals surface area contributed by atoms with E-state index in [9.17, 15) is 8.76 Å². The zero-order valence-electron chi connectivity index (χ0n) is 12.5. The van der Waals surface area contributed by atoms with Gasteiger partial charge in [0.05, 0.1) is 5.39 Å². The van der Waals surface area contributed by atoms with Crippen LogP contribution in [-0.2, 0) is 11.3 Å². The van der Waals surface area contributed by atoms with Gasteiger partial charge in [0.25, 0.3) is 0 Å². The number of rotatable bonds is 7. The minimum atomic E-state index is -2.14. The summed E-state index contributed by atoms with van der Waals surface area (Å²) in [5, 5.41) is 1.05. The van der Waals surface area contributed by atoms with Crippen LogP contribution in [0, 0.1) is 5.92 Å². The van der Waals surface area contributed by atoms with Gasteiger partial charge >= 0.3 is 0 Å². The first kappa shape index (κ1) is 15.4. The van der Waals surface area contributed by atoms with Crippen molar-refractivity contribution in [3.8, 4) is 0 Å². The molecular formula is C14H20N5O2S-. The summed E-state index contributed by atoms with van der Waals surface area (Å²) in [6, 6.07) is 2.51. The van der Waals surface area contributed by atoms with Crippen LogP contribution in [0.2, 0.25) is 0 Å². The Morgan fingerprint density at radius 3 is 3.09 bits per heavy atom. The fraction of sp³-hybridized carbons (Fsp3) is 0.571. The molecule has 8 heteroatoms. The van der Waals surface area contributed by atoms with Crippen molar-refractivity contribution in [3.05, 3.63) is 18.6 Å². The van der Waals surface area contributed by atoms with Crippen LogP contribution in [-0.4, -0.2) is 43.3 Å². The van der Waals surface area contributed by atoms with Crippen molar-refractivity contribution in [3.63, 3.8) is 0 Å². The van der Waals surface area contributed by atoms with Gasteiger partial charge in [-0.25, -0.2) is 14.7 Å². The summed E-state index contributed by atoms with van der Waals surface area (Å²) < 4.78 is 23.2. The van der Waals surface area contributed by atoms with Gasteiger partial charge < -0.3 is 14.4 Å². The van der Waals surface area contributed by atoms with Gasteiger partial charge in [-0.2, -0.15) is 0 Å². The van der Waals surface area contributed by atoms with Crippen molar-refractivity contribution in [1.82, 2.24) is 19.7 Å². The number of nitrogens with one attached hydrogen (secondary N) is 2. The number of fused-ring (bicyclic) bond motifs is 1. The lowest BCUT2D eigenvalue weighted by Crippen LogP contribution is -2.43. The van der Waals surface area contributed by atoms with E-state index in [1.54, 1.807) is 6.33 Å². The molecule has 1 aliphatic rings. The van der Waals surface area contributed by atoms with Gasteiger partial charge in [-0.15, -0.1) is 0 Å². The van der Waals surface area contributed by atoms with Crippen molar-refractivity contribution < 1.29 is 8.76 Å². The Bertz CT molecular complexity index is 655. The van der Waals surface area contributed by atoms with Crippen molar-refractivity contribution in [2.75, 3.05) is 18.5 Å². The molecule has 3 rings (SSSR count). The molecule has 0 amide bonds. The number of anilines is 1. The quantitative estimate of drug-likeness (QED) is 0.592. The Kier molecular flexibility index (Phi) is 4.70. The molecule has 1 aliphatic carbocycles. The average Bonchev–Trinajstić information content (AvgIpc) is 2.92. The van der Waals surface area contributed by atoms with Gasteiger partial charge in [0, 0.05) is 37.1 Å². The van der Waals surface area contributed by atoms with E-state index in [1.165, 1.54) is 0 Å². The summed E-state index contributed by atoms with van der Waals surface area (Å²) in [4.78, 5) is 14.0. The van der Waals surface area contributed by atoms with Crippen LogP contribution in [0.15, 0.2) is 18.6 Å². The lowest BCUT2D eigenvalue weighted by atomic mass is 9.77. The van der Waals surface area contributed by atoms with Gasteiger partial charge in [-0.05, 0) is 37.7 Å². The molecule has 2 heterocycles. The van der Waals surface area contributed by atoms with Gasteiger partial charge in [-0.3, -0.25) is 4.21 Å². The van der Waals surface area contributed by atoms with Gasteiger partial charge in [0.15, 0.2) is 0 Å². The highest BCUT2D eigenvalue weighted by atomic mass is 32.2. The number of hydrogen-bond acceptors (Lipinski definition) is 5. The Hall–Kier alpha value is -1.51. The zero-order valence-corrected chi connectivity index (χ0v) is 13.3. The highest BCUT2D eigenvalue weighted by Gasteiger charge is 2.32. The van der Waals surface area contributed by atoms with Crippen molar-refractivity contribution >= 4 is 28.1 Å². The molecule has 1 unspecified atom stereocenters. The fourth-order valence-corrected chi connectivity index (χ4v) is 3.42. The monoisotopic (exact) mass is 322 g/mol. The van der Waals surface area contributed by atoms with Crippen LogP contribution in [0.5, 0.6) is 0 Å². The molecular weight excluding hydrogens is 302 g/mol. The molecule has 7 nitrogen and oxygen atoms in total. The van der Waals surface area contributed by atoms with Crippen LogP contribution in [0.1, 0.15) is 25.7 Å². The second-order valence-electron chi connectivity index (χ2n) is 5.81. The molecule has 2 aromatic heterocycles. The standard InChI is InChI=1S/C14H21N5O2S/c1-19(14-12-4-6-15-13(12)16-9-17-14)11-7-10(8-11)3-2-5-18-22(20)21/h4,6,9-11,18H,2-3,5,7-8H2,1H3,(H,20,21)(H,15,16,17)/p-1. The van der Waals surface area contributed by atoms with E-state index in [0.717, 1.165) is 42.5 Å². The first-order valence-corrected chi connectivity index (χ1v) is 8.56. The lowest BCUT2D eigenvalue weighted by molar-refractivity contribution is 0.239. The topological polar surface area (TPSA) is 97.0 Å². The molecule has 1 atom stereocenters. The summed E-state index contributed by atoms with van der Waals surface area (Å²) in [5.74, 6) is 1.65. The Morgan fingerprint density at radius 1 is 1.50 bits per heavy atom. The number of aromatic amines is 1. The average molecular weight is 322 g/mol. The summed E-state index contributed by atoms with van der Waals surface area (Å²) in [7, 11) is 2.08. The van der Waals surface area contributed by atoms with Crippen molar-refractivity contribution in [2.45, 2.75) is 31.7 Å². The maximum atomic E-state index is 10.4. The van der Waals surface area contributed by atoms with E-state index in [1.807, 2.05) is 12.3 Å². The third-order valence-corrected chi connectivity index (χ3v) is 4.87. The smallest absolute Gasteiger partial charge is 0.142 e. The SMILES string of the molecule is CN(c1ncnc2[nH]ccc12)C1CC(CCCNS(=O)[O-])C1. The molecule has 22 heavy (non-hydrogen) atoms. The van der Waals surface area contributed by atoms with E-state index in [4.69, 9.17) is 0 Å². The van der Waals surface area contributed by atoms with Gasteiger partial charge in [-0.1, -0.05) is 0 Å². The predicted octanol–water partition coefficient (Wildman–Crippen LogP) is 1.34. The van der Waals surface area contributed by atoms with E-state index in [-0.39, 0.29) is 0 Å². The zero-order chi connectivity index (χ0) is 15.5. The van der Waals surface area contributed by atoms with Crippen LogP contribution >= 0.6 is 0 Å². The van der Waals surface area contributed by atoms with Gasteiger partial charge in [0.1, 0.15) is 17.8 Å². The highest BCUT2D eigenvalue weighted by Crippen LogP contribution is 2.37. The number of aromatic nitrogens is 3. The van der Waals surface area contributed by atoms with E-state index in [0.29, 0.717) is 18.5 Å². The minimum absolute atomic E-state index is 0.500. The minimum Gasteiger partial charge on any atom is -0.760 e. The number of H-pyrrole nitrogens is 1. The molecule has 0 radical (unpaired) electrons. The fourth-order valence-electron chi connectivity index (χ4n) is 3.11. The Balaban J connectivity index is 1.50. The molecule has 1 fully saturated rings. The maximum absolute atomic E-state index is 10.4. The predicted molar refractivity (Wildman–Crippen MR) is 85.0 cm³/mol. The van der Waals surface area contributed by atoms with E-state index < -0.39 is 11.3 Å². The molecule has 0 aromatic carbocycles. The van der Waals surface area contributed by atoms with Crippen LogP contribution in [0.25, 0.3) is 11.0 Å². The molecule has 0 spiro atoms. The van der Waals surface area contributed by atoms with Crippen LogP contribution < -0.4 is 9.62 Å². The number of hydrogen-bond donors (Lipinski definition) is 2. The normalized spacial score (nSPS) is 22.5. The molecule has 0 saturated heterocycles. The summed E-state index contributed by atoms with van der Waals surface area (Å²) in [6.45, 7) is 0.531. The van der Waals surface area contributed by atoms with Crippen molar-refractivity contribution in [2.24, 2.45) is 5.92 Å². The molecule has 2 N–H and O–H groups in total. The third kappa shape index (κ3) is 3.29. The first-order chi connectivity index (χ1) is 10.6. The summed E-state index contributed by atoms with van der Waals surface area (Å²) in [6.07, 6.45) is 7.70. The van der Waals surface area contributed by atoms with Crippen molar-refractivity contribution in [1.29, 1.82) is 0 Å². The molecule has 0 aliphatic heterocycles. The molecule has 2 aromatic rings. The Morgan fingerprint density at radius 2 is 2.32 bits per heavy atom. The first-order valence-electron chi connectivity index (χ1n) is 7.49. The van der Waals surface area contributed by atoms with E-state index in [2.05, 4.69) is 31.6 Å². The number of nitrogens with zero attached hydrogens (tertiary/aromatic N) is 3. The molecule has 1 saturated carbocycles. The largest absolute Gasteiger partial charge is 0.760 e. The molecule has 0 bridgehead atoms. The van der Waals surface area contributed by atoms with Crippen LogP contribution in [0.3, 0.4) is 0 Å². The lowest BCUT2D eigenvalue weighted by Gasteiger charge is -2.42. The van der Waals surface area contributed by atoms with Crippen LogP contribution in [0.4, 0.5) is 5.82 Å². The molecule has 120 valence electrons.